The molecule has 0 saturated carbocycles. The second-order valence-electron chi connectivity index (χ2n) is 6.61. The molecule has 0 amide bonds. The van der Waals surface area contributed by atoms with Crippen LogP contribution in [0.5, 0.6) is 5.88 Å². The zero-order chi connectivity index (χ0) is 20.7. The third-order valence-electron chi connectivity index (χ3n) is 4.61. The number of aromatic nitrogens is 4. The lowest BCUT2D eigenvalue weighted by Crippen LogP contribution is -2.03. The van der Waals surface area contributed by atoms with Crippen LogP contribution in [-0.2, 0) is 6.42 Å². The van der Waals surface area contributed by atoms with Crippen molar-refractivity contribution in [1.29, 1.82) is 0 Å². The van der Waals surface area contributed by atoms with Crippen molar-refractivity contribution in [2.45, 2.75) is 6.42 Å². The maximum Gasteiger partial charge on any atom is 0.244 e. The molecule has 0 atom stereocenters. The van der Waals surface area contributed by atoms with E-state index in [-0.39, 0.29) is 18.3 Å². The molecule has 0 aliphatic heterocycles. The van der Waals surface area contributed by atoms with Gasteiger partial charge in [-0.05, 0) is 35.9 Å². The number of thiazole rings is 1. The molecule has 5 nitrogen and oxygen atoms in total. The van der Waals surface area contributed by atoms with E-state index in [4.69, 9.17) is 4.74 Å². The third-order valence-corrected chi connectivity index (χ3v) is 5.62. The molecule has 1 N–H and O–H groups in total. The Hall–Kier alpha value is -3.46. The maximum absolute atomic E-state index is 13.5. The Morgan fingerprint density at radius 1 is 0.967 bits per heavy atom. The molecule has 2 aromatic carbocycles. The highest BCUT2D eigenvalue weighted by atomic mass is 32.1. The number of hydrogen-bond acceptors (Lipinski definition) is 5. The van der Waals surface area contributed by atoms with Gasteiger partial charge in [0.05, 0.1) is 6.61 Å². The van der Waals surface area contributed by atoms with Gasteiger partial charge in [-0.25, -0.2) is 23.1 Å². The number of benzene rings is 2. The van der Waals surface area contributed by atoms with Crippen molar-refractivity contribution in [3.8, 4) is 16.5 Å². The number of fused-ring (bicyclic) bond motifs is 2. The fourth-order valence-corrected chi connectivity index (χ4v) is 4.14. The summed E-state index contributed by atoms with van der Waals surface area (Å²) >= 11 is 1.19. The van der Waals surface area contributed by atoms with Crippen molar-refractivity contribution < 1.29 is 17.9 Å². The van der Waals surface area contributed by atoms with E-state index in [1.807, 2.05) is 6.20 Å². The van der Waals surface area contributed by atoms with Crippen molar-refractivity contribution >= 4 is 32.6 Å². The van der Waals surface area contributed by atoms with Crippen LogP contribution in [0.2, 0.25) is 0 Å². The summed E-state index contributed by atoms with van der Waals surface area (Å²) in [5, 5.41) is 1.22. The van der Waals surface area contributed by atoms with Crippen LogP contribution in [0.25, 0.3) is 31.8 Å². The molecular weight excluding hydrogens is 413 g/mol. The zero-order valence-corrected chi connectivity index (χ0v) is 16.1. The molecule has 0 aliphatic rings. The summed E-state index contributed by atoms with van der Waals surface area (Å²) in [6, 6.07) is 7.81. The zero-order valence-electron chi connectivity index (χ0n) is 15.3. The Labute approximate surface area is 172 Å². The first-order valence-corrected chi connectivity index (χ1v) is 9.85. The van der Waals surface area contributed by atoms with Crippen LogP contribution in [0.4, 0.5) is 13.2 Å². The van der Waals surface area contributed by atoms with E-state index < -0.39 is 11.6 Å². The Kier molecular flexibility index (Phi) is 4.59. The van der Waals surface area contributed by atoms with Crippen molar-refractivity contribution in [2.24, 2.45) is 0 Å². The Morgan fingerprint density at radius 3 is 2.63 bits per heavy atom. The topological polar surface area (TPSA) is 63.7 Å². The van der Waals surface area contributed by atoms with Gasteiger partial charge in [0.1, 0.15) is 28.8 Å². The Balaban J connectivity index is 1.39. The number of halogens is 3. The van der Waals surface area contributed by atoms with E-state index in [2.05, 4.69) is 19.9 Å². The van der Waals surface area contributed by atoms with Crippen molar-refractivity contribution in [3.63, 3.8) is 0 Å². The number of hydrogen-bond donors (Lipinski definition) is 1. The molecule has 0 saturated heterocycles. The molecule has 0 fully saturated rings. The number of nitrogens with one attached hydrogen (secondary N) is 1. The number of H-pyrrole nitrogens is 1. The van der Waals surface area contributed by atoms with Crippen molar-refractivity contribution in [3.05, 3.63) is 71.9 Å². The first-order valence-electron chi connectivity index (χ1n) is 9.03. The van der Waals surface area contributed by atoms with Crippen molar-refractivity contribution in [2.75, 3.05) is 6.61 Å². The average molecular weight is 426 g/mol. The number of aromatic amines is 1. The summed E-state index contributed by atoms with van der Waals surface area (Å²) in [5.41, 5.74) is 2.51. The van der Waals surface area contributed by atoms with Crippen LogP contribution in [0.3, 0.4) is 0 Å². The maximum atomic E-state index is 13.5. The fourth-order valence-electron chi connectivity index (χ4n) is 3.26. The van der Waals surface area contributed by atoms with E-state index in [9.17, 15) is 13.2 Å². The lowest BCUT2D eigenvalue weighted by Gasteiger charge is -2.05. The summed E-state index contributed by atoms with van der Waals surface area (Å²) in [4.78, 5) is 16.4. The lowest BCUT2D eigenvalue weighted by atomic mass is 10.1. The van der Waals surface area contributed by atoms with Gasteiger partial charge in [-0.15, -0.1) is 0 Å². The second kappa shape index (κ2) is 7.42. The van der Waals surface area contributed by atoms with Gasteiger partial charge < -0.3 is 9.72 Å². The number of rotatable bonds is 5. The number of ether oxygens (including phenoxy) is 1. The minimum absolute atomic E-state index is 0.283. The molecule has 0 aliphatic carbocycles. The van der Waals surface area contributed by atoms with Gasteiger partial charge in [-0.2, -0.15) is 4.98 Å². The third kappa shape index (κ3) is 3.48. The summed E-state index contributed by atoms with van der Waals surface area (Å²) in [6.45, 7) is 0.289. The second-order valence-corrected chi connectivity index (χ2v) is 7.59. The standard InChI is InChI=1S/C21H13F3N4OS/c22-13-1-2-17-16(8-13)11(9-25-17)3-4-29-19-18-21(27-10-26-19)30-20(28-18)12-5-14(23)7-15(24)6-12/h1-2,5-10,25H,3-4H2. The molecule has 9 heteroatoms. The van der Waals surface area contributed by atoms with E-state index >= 15 is 0 Å². The average Bonchev–Trinajstić information content (AvgIpc) is 3.32. The van der Waals surface area contributed by atoms with E-state index in [0.717, 1.165) is 22.5 Å². The van der Waals surface area contributed by atoms with Crippen LogP contribution in [0.1, 0.15) is 5.56 Å². The van der Waals surface area contributed by atoms with Gasteiger partial charge in [0.25, 0.3) is 0 Å². The summed E-state index contributed by atoms with van der Waals surface area (Å²) in [5.74, 6) is -1.38. The van der Waals surface area contributed by atoms with Gasteiger partial charge in [-0.1, -0.05) is 11.3 Å². The van der Waals surface area contributed by atoms with Crippen LogP contribution < -0.4 is 4.74 Å². The highest BCUT2D eigenvalue weighted by Gasteiger charge is 2.15. The molecular formula is C21H13F3N4OS. The van der Waals surface area contributed by atoms with Crippen LogP contribution in [0.15, 0.2) is 48.9 Å². The predicted octanol–water partition coefficient (Wildman–Crippen LogP) is 5.27. The first kappa shape index (κ1) is 18.6. The number of nitrogens with zero attached hydrogens (tertiary/aromatic N) is 3. The van der Waals surface area contributed by atoms with Gasteiger partial charge in [0.2, 0.25) is 5.88 Å². The minimum Gasteiger partial charge on any atom is -0.476 e. The molecule has 0 bridgehead atoms. The normalized spacial score (nSPS) is 11.4. The molecule has 150 valence electrons. The summed E-state index contributed by atoms with van der Waals surface area (Å²) in [6.07, 6.45) is 3.70. The minimum atomic E-state index is -0.679. The highest BCUT2D eigenvalue weighted by Crippen LogP contribution is 2.33. The van der Waals surface area contributed by atoms with Gasteiger partial charge in [0.15, 0.2) is 10.3 Å². The highest BCUT2D eigenvalue weighted by molar-refractivity contribution is 7.21. The predicted molar refractivity (Wildman–Crippen MR) is 108 cm³/mol. The molecule has 30 heavy (non-hydrogen) atoms. The van der Waals surface area contributed by atoms with E-state index in [1.54, 1.807) is 6.07 Å². The van der Waals surface area contributed by atoms with E-state index in [1.165, 1.54) is 41.9 Å². The SMILES string of the molecule is Fc1cc(F)cc(-c2nc3c(OCCc4c[nH]c5ccc(F)cc45)ncnc3s2)c1. The van der Waals surface area contributed by atoms with Crippen LogP contribution >= 0.6 is 11.3 Å². The Bertz CT molecular complexity index is 1360. The summed E-state index contributed by atoms with van der Waals surface area (Å²) in [7, 11) is 0. The molecule has 0 radical (unpaired) electrons. The molecule has 5 rings (SSSR count). The van der Waals surface area contributed by atoms with Crippen molar-refractivity contribution in [1.82, 2.24) is 19.9 Å². The van der Waals surface area contributed by atoms with E-state index in [0.29, 0.717) is 27.3 Å². The van der Waals surface area contributed by atoms with Gasteiger partial charge in [-0.3, -0.25) is 0 Å². The Morgan fingerprint density at radius 2 is 1.80 bits per heavy atom. The largest absolute Gasteiger partial charge is 0.476 e. The monoisotopic (exact) mass is 426 g/mol. The smallest absolute Gasteiger partial charge is 0.244 e. The lowest BCUT2D eigenvalue weighted by molar-refractivity contribution is 0.313. The molecule has 3 heterocycles. The van der Waals surface area contributed by atoms with Gasteiger partial charge >= 0.3 is 0 Å². The van der Waals surface area contributed by atoms with Crippen LogP contribution in [-0.4, -0.2) is 26.5 Å². The fraction of sp³-hybridized carbons (Fsp3) is 0.0952. The molecule has 0 spiro atoms. The molecule has 5 aromatic rings. The molecule has 0 unspecified atom stereocenters. The van der Waals surface area contributed by atoms with Gasteiger partial charge in [0, 0.05) is 35.2 Å². The quantitative estimate of drug-likeness (QED) is 0.416. The first-order chi connectivity index (χ1) is 14.6. The summed E-state index contributed by atoms with van der Waals surface area (Å²) < 4.78 is 46.4. The van der Waals surface area contributed by atoms with Crippen LogP contribution in [0, 0.1) is 17.5 Å². The molecule has 3 aromatic heterocycles.